The highest BCUT2D eigenvalue weighted by Gasteiger charge is 2.49. The largest absolute Gasteiger partial charge is 0.449 e. The molecule has 2 aliphatic rings. The van der Waals surface area contributed by atoms with Gasteiger partial charge in [-0.2, -0.15) is 0 Å². The van der Waals surface area contributed by atoms with E-state index >= 15 is 0 Å². The Hall–Kier alpha value is -0.0900. The van der Waals surface area contributed by atoms with Crippen molar-refractivity contribution in [3.05, 3.63) is 0 Å². The van der Waals surface area contributed by atoms with E-state index in [1.54, 1.807) is 0 Å². The van der Waals surface area contributed by atoms with Crippen LogP contribution in [-0.4, -0.2) is 12.7 Å². The van der Waals surface area contributed by atoms with E-state index in [1.807, 2.05) is 21.2 Å². The van der Waals surface area contributed by atoms with Crippen LogP contribution in [-0.2, 0) is 4.74 Å². The highest BCUT2D eigenvalue weighted by Crippen LogP contribution is 2.52. The molecule has 0 saturated heterocycles. The molecule has 0 spiro atoms. The van der Waals surface area contributed by atoms with Crippen LogP contribution in [0.5, 0.6) is 0 Å². The van der Waals surface area contributed by atoms with Crippen molar-refractivity contribution >= 4 is 36.4 Å². The summed E-state index contributed by atoms with van der Waals surface area (Å²) in [5.41, 5.74) is 0. The topological polar surface area (TPSA) is 38.3 Å². The molecule has 0 aromatic heterocycles. The van der Waals surface area contributed by atoms with E-state index in [0.717, 1.165) is 24.7 Å². The fourth-order valence-corrected chi connectivity index (χ4v) is 3.18. The van der Waals surface area contributed by atoms with Crippen LogP contribution in [0.1, 0.15) is 25.7 Å². The molecule has 1 N–H and O–H groups in total. The van der Waals surface area contributed by atoms with Gasteiger partial charge >= 0.3 is 6.09 Å². The van der Waals surface area contributed by atoms with Gasteiger partial charge in [-0.25, -0.2) is 4.79 Å². The number of carbonyl (C=O) groups is 1. The first-order valence-electron chi connectivity index (χ1n) is 5.49. The second-order valence-corrected chi connectivity index (χ2v) is 5.88. The van der Waals surface area contributed by atoms with Gasteiger partial charge in [0.25, 0.3) is 0 Å². The van der Waals surface area contributed by atoms with Crippen LogP contribution in [0.25, 0.3) is 0 Å². The van der Waals surface area contributed by atoms with Crippen LogP contribution in [0.4, 0.5) is 4.79 Å². The molecule has 5 heteroatoms. The molecule has 2 aliphatic carbocycles. The van der Waals surface area contributed by atoms with E-state index in [0.29, 0.717) is 12.5 Å². The molecule has 2 rings (SSSR count). The molecule has 1 fully saturated rings. The molecule has 88 valence electrons. The van der Waals surface area contributed by atoms with Crippen molar-refractivity contribution in [1.82, 2.24) is 4.72 Å². The first kappa shape index (κ1) is 12.4. The van der Waals surface area contributed by atoms with E-state index in [2.05, 4.69) is 16.6 Å². The lowest BCUT2D eigenvalue weighted by atomic mass is 10.1. The maximum atomic E-state index is 11.1. The van der Waals surface area contributed by atoms with Gasteiger partial charge in [0, 0.05) is 43.2 Å². The number of ether oxygens (including phenoxy) is 1. The van der Waals surface area contributed by atoms with Gasteiger partial charge in [0.15, 0.2) is 0 Å². The van der Waals surface area contributed by atoms with Crippen molar-refractivity contribution in [1.29, 1.82) is 0 Å². The summed E-state index contributed by atoms with van der Waals surface area (Å²) in [5.74, 6) is 8.42. The van der Waals surface area contributed by atoms with Crippen LogP contribution in [0, 0.1) is 29.6 Å². The summed E-state index contributed by atoms with van der Waals surface area (Å²) in [4.78, 5) is 11.1. The normalized spacial score (nSPS) is 31.2. The fourth-order valence-electron chi connectivity index (χ4n) is 2.52. The Labute approximate surface area is 112 Å². The van der Waals surface area contributed by atoms with Crippen molar-refractivity contribution in [2.24, 2.45) is 17.8 Å². The molecule has 3 nitrogen and oxygen atoms in total. The minimum atomic E-state index is -0.324. The summed E-state index contributed by atoms with van der Waals surface area (Å²) in [6.45, 7) is 0.568. The van der Waals surface area contributed by atoms with Gasteiger partial charge in [-0.15, -0.1) is 11.8 Å². The standard InChI is InChI=1S/C11H14INO2S/c12-16-13-11(14)15-7-10-8-5-3-1-2-4-6-9(8)10/h8-10H,3-7H2,(H,13,14)/t8-,9+,10-. The molecule has 3 atom stereocenters. The molecule has 1 saturated carbocycles. The van der Waals surface area contributed by atoms with Gasteiger partial charge in [0.05, 0.1) is 6.61 Å². The summed E-state index contributed by atoms with van der Waals surface area (Å²) in [6.07, 6.45) is 4.04. The van der Waals surface area contributed by atoms with Gasteiger partial charge < -0.3 is 4.74 Å². The molecule has 0 aliphatic heterocycles. The minimum absolute atomic E-state index is 0.324. The molecule has 0 bridgehead atoms. The van der Waals surface area contributed by atoms with E-state index in [1.165, 1.54) is 22.0 Å². The number of hydrogen-bond donors (Lipinski definition) is 1. The summed E-state index contributed by atoms with van der Waals surface area (Å²) >= 11 is 2.01. The van der Waals surface area contributed by atoms with Crippen LogP contribution < -0.4 is 4.72 Å². The van der Waals surface area contributed by atoms with Crippen molar-refractivity contribution in [2.75, 3.05) is 6.61 Å². The van der Waals surface area contributed by atoms with E-state index in [-0.39, 0.29) is 6.09 Å². The number of halogens is 1. The molecule has 1 amide bonds. The predicted octanol–water partition coefficient (Wildman–Crippen LogP) is 3.15. The Balaban J connectivity index is 1.71. The van der Waals surface area contributed by atoms with Gasteiger partial charge in [-0.3, -0.25) is 4.72 Å². The molecular weight excluding hydrogens is 337 g/mol. The molecule has 0 heterocycles. The van der Waals surface area contributed by atoms with E-state index in [9.17, 15) is 4.79 Å². The summed E-state index contributed by atoms with van der Waals surface area (Å²) in [5, 5.41) is 0. The average molecular weight is 351 g/mol. The number of hydrogen-bond acceptors (Lipinski definition) is 3. The Morgan fingerprint density at radius 2 is 2.00 bits per heavy atom. The number of carbonyl (C=O) groups excluding carboxylic acids is 1. The lowest BCUT2D eigenvalue weighted by Gasteiger charge is -2.03. The van der Waals surface area contributed by atoms with E-state index < -0.39 is 0 Å². The third-order valence-corrected chi connectivity index (χ3v) is 4.27. The maximum absolute atomic E-state index is 11.1. The highest BCUT2D eigenvalue weighted by molar-refractivity contribution is 14.2. The van der Waals surface area contributed by atoms with Crippen LogP contribution in [0.15, 0.2) is 0 Å². The predicted molar refractivity (Wildman–Crippen MR) is 72.8 cm³/mol. The number of amides is 1. The third kappa shape index (κ3) is 3.20. The molecule has 0 aromatic rings. The number of rotatable bonds is 3. The summed E-state index contributed by atoms with van der Waals surface area (Å²) < 4.78 is 7.72. The monoisotopic (exact) mass is 351 g/mol. The van der Waals surface area contributed by atoms with Gasteiger partial charge in [-0.1, -0.05) is 0 Å². The zero-order valence-corrected chi connectivity index (χ0v) is 11.8. The van der Waals surface area contributed by atoms with Crippen molar-refractivity contribution in [2.45, 2.75) is 25.7 Å². The molecule has 0 radical (unpaired) electrons. The Morgan fingerprint density at radius 3 is 2.56 bits per heavy atom. The second kappa shape index (κ2) is 6.01. The average Bonchev–Trinajstić information content (AvgIpc) is 2.86. The van der Waals surface area contributed by atoms with Gasteiger partial charge in [-0.05, 0) is 30.6 Å². The first-order valence-corrected chi connectivity index (χ1v) is 8.85. The van der Waals surface area contributed by atoms with Crippen molar-refractivity contribution in [3.8, 4) is 11.8 Å². The Kier molecular flexibility index (Phi) is 4.65. The van der Waals surface area contributed by atoms with Gasteiger partial charge in [0.2, 0.25) is 0 Å². The quantitative estimate of drug-likeness (QED) is 0.482. The Morgan fingerprint density at radius 1 is 1.38 bits per heavy atom. The molecule has 0 unspecified atom stereocenters. The van der Waals surface area contributed by atoms with Crippen molar-refractivity contribution in [3.63, 3.8) is 0 Å². The fraction of sp³-hybridized carbons (Fsp3) is 0.727. The van der Waals surface area contributed by atoms with Crippen LogP contribution in [0.2, 0.25) is 0 Å². The van der Waals surface area contributed by atoms with Crippen LogP contribution in [0.3, 0.4) is 0 Å². The number of fused-ring (bicyclic) bond motifs is 1. The van der Waals surface area contributed by atoms with Crippen molar-refractivity contribution < 1.29 is 9.53 Å². The van der Waals surface area contributed by atoms with E-state index in [4.69, 9.17) is 4.74 Å². The zero-order valence-electron chi connectivity index (χ0n) is 8.87. The SMILES string of the molecule is O=C(NSI)OC[C@@H]1[C@@H]2CCC#CCC[C@@H]21. The lowest BCUT2D eigenvalue weighted by Crippen LogP contribution is -2.17. The Bertz CT molecular complexity index is 308. The smallest absolute Gasteiger partial charge is 0.417 e. The summed E-state index contributed by atoms with van der Waals surface area (Å²) in [6, 6.07) is 0. The second-order valence-electron chi connectivity index (χ2n) is 4.20. The summed E-state index contributed by atoms with van der Waals surface area (Å²) in [7, 11) is 1.24. The highest BCUT2D eigenvalue weighted by atomic mass is 127. The maximum Gasteiger partial charge on any atom is 0.417 e. The zero-order chi connectivity index (χ0) is 11.4. The number of nitrogens with one attached hydrogen (secondary N) is 1. The third-order valence-electron chi connectivity index (χ3n) is 3.37. The van der Waals surface area contributed by atoms with Crippen LogP contribution >= 0.6 is 30.3 Å². The lowest BCUT2D eigenvalue weighted by molar-refractivity contribution is 0.144. The molecule has 0 aromatic carbocycles. The van der Waals surface area contributed by atoms with Gasteiger partial charge in [0.1, 0.15) is 0 Å². The first-order chi connectivity index (χ1) is 7.83. The molecule has 16 heavy (non-hydrogen) atoms. The minimum Gasteiger partial charge on any atom is -0.449 e. The molecular formula is C11H14INO2S.